The second kappa shape index (κ2) is 8.62. The average Bonchev–Trinajstić information content (AvgIpc) is 2.51. The van der Waals surface area contributed by atoms with Crippen molar-refractivity contribution in [2.45, 2.75) is 13.0 Å². The summed E-state index contributed by atoms with van der Waals surface area (Å²) < 4.78 is 10.3. The molecule has 0 amide bonds. The van der Waals surface area contributed by atoms with Gasteiger partial charge >= 0.3 is 0 Å². The van der Waals surface area contributed by atoms with Crippen LogP contribution in [-0.4, -0.2) is 38.6 Å². The normalized spacial score (nSPS) is 11.1. The van der Waals surface area contributed by atoms with Crippen LogP contribution in [0.25, 0.3) is 10.8 Å². The maximum atomic E-state index is 10.0. The summed E-state index contributed by atoms with van der Waals surface area (Å²) in [5, 5.41) is 15.6. The van der Waals surface area contributed by atoms with E-state index in [1.165, 1.54) is 0 Å². The molecule has 21 heavy (non-hydrogen) atoms. The van der Waals surface area contributed by atoms with Crippen LogP contribution in [0.3, 0.4) is 0 Å². The van der Waals surface area contributed by atoms with Crippen LogP contribution >= 0.6 is 0 Å². The van der Waals surface area contributed by atoms with Crippen LogP contribution in [0.2, 0.25) is 0 Å². The van der Waals surface area contributed by atoms with E-state index in [1.54, 1.807) is 13.2 Å². The zero-order chi connectivity index (χ0) is 14.9. The molecule has 0 aliphatic heterocycles. The average molecular weight is 289 g/mol. The van der Waals surface area contributed by atoms with Gasteiger partial charge in [-0.25, -0.2) is 0 Å². The lowest BCUT2D eigenvalue weighted by molar-refractivity contribution is 0.0695. The van der Waals surface area contributed by atoms with Gasteiger partial charge < -0.3 is 19.9 Å². The smallest absolute Gasteiger partial charge is 0.120 e. The highest BCUT2D eigenvalue weighted by Gasteiger charge is 2.05. The molecule has 2 rings (SSSR count). The summed E-state index contributed by atoms with van der Waals surface area (Å²) in [5.41, 5.74) is 0.952. The highest BCUT2D eigenvalue weighted by Crippen LogP contribution is 2.26. The largest absolute Gasteiger partial charge is 0.508 e. The standard InChI is InChI=1S/C17H23NO3/c1-20-11-12-21-10-4-9-18-13-16-15-6-3-2-5-14(15)7-8-17(16)19/h2-3,5-8,18-19H,4,9-13H2,1H3. The quantitative estimate of drug-likeness (QED) is 0.697. The van der Waals surface area contributed by atoms with Gasteiger partial charge in [-0.1, -0.05) is 30.3 Å². The lowest BCUT2D eigenvalue weighted by atomic mass is 10.0. The maximum Gasteiger partial charge on any atom is 0.120 e. The predicted octanol–water partition coefficient (Wildman–Crippen LogP) is 2.69. The van der Waals surface area contributed by atoms with Crippen molar-refractivity contribution >= 4 is 10.8 Å². The summed E-state index contributed by atoms with van der Waals surface area (Å²) in [5.74, 6) is 0.345. The van der Waals surface area contributed by atoms with E-state index in [4.69, 9.17) is 9.47 Å². The number of phenolic OH excluding ortho intramolecular Hbond substituents is 1. The van der Waals surface area contributed by atoms with Gasteiger partial charge in [0.1, 0.15) is 5.75 Å². The first-order valence-electron chi connectivity index (χ1n) is 7.30. The van der Waals surface area contributed by atoms with Crippen LogP contribution in [0.5, 0.6) is 5.75 Å². The Kier molecular flexibility index (Phi) is 6.47. The Morgan fingerprint density at radius 3 is 2.76 bits per heavy atom. The van der Waals surface area contributed by atoms with Crippen molar-refractivity contribution in [2.24, 2.45) is 0 Å². The molecule has 0 bridgehead atoms. The Labute approximate surface area is 125 Å². The third-order valence-electron chi connectivity index (χ3n) is 3.39. The molecule has 0 aliphatic carbocycles. The first kappa shape index (κ1) is 15.8. The summed E-state index contributed by atoms with van der Waals surface area (Å²) in [7, 11) is 1.67. The minimum atomic E-state index is 0.345. The van der Waals surface area contributed by atoms with E-state index in [-0.39, 0.29) is 0 Å². The fraction of sp³-hybridized carbons (Fsp3) is 0.412. The van der Waals surface area contributed by atoms with E-state index in [9.17, 15) is 5.11 Å². The number of ether oxygens (including phenoxy) is 2. The van der Waals surface area contributed by atoms with E-state index in [0.717, 1.165) is 35.9 Å². The fourth-order valence-corrected chi connectivity index (χ4v) is 2.27. The highest BCUT2D eigenvalue weighted by molar-refractivity contribution is 5.87. The second-order valence-corrected chi connectivity index (χ2v) is 4.92. The molecule has 0 atom stereocenters. The summed E-state index contributed by atoms with van der Waals surface area (Å²) in [6, 6.07) is 11.8. The number of fused-ring (bicyclic) bond motifs is 1. The van der Waals surface area contributed by atoms with Gasteiger partial charge in [-0.3, -0.25) is 0 Å². The number of aromatic hydroxyl groups is 1. The zero-order valence-corrected chi connectivity index (χ0v) is 12.5. The number of benzene rings is 2. The maximum absolute atomic E-state index is 10.0. The van der Waals surface area contributed by atoms with Crippen molar-refractivity contribution in [2.75, 3.05) is 33.5 Å². The molecule has 2 aromatic carbocycles. The Bertz CT molecular complexity index is 557. The van der Waals surface area contributed by atoms with Crippen molar-refractivity contribution in [3.8, 4) is 5.75 Å². The fourth-order valence-electron chi connectivity index (χ4n) is 2.27. The van der Waals surface area contributed by atoms with Crippen LogP contribution in [0.1, 0.15) is 12.0 Å². The summed E-state index contributed by atoms with van der Waals surface area (Å²) in [6.45, 7) is 3.51. The van der Waals surface area contributed by atoms with Gasteiger partial charge in [0, 0.05) is 25.8 Å². The van der Waals surface area contributed by atoms with Gasteiger partial charge in [0.25, 0.3) is 0 Å². The minimum absolute atomic E-state index is 0.345. The molecule has 4 nitrogen and oxygen atoms in total. The van der Waals surface area contributed by atoms with Crippen LogP contribution in [0, 0.1) is 0 Å². The van der Waals surface area contributed by atoms with E-state index < -0.39 is 0 Å². The van der Waals surface area contributed by atoms with Crippen molar-refractivity contribution in [3.05, 3.63) is 42.0 Å². The molecule has 2 aromatic rings. The Balaban J connectivity index is 1.79. The van der Waals surface area contributed by atoms with Crippen LogP contribution < -0.4 is 5.32 Å². The van der Waals surface area contributed by atoms with Crippen molar-refractivity contribution in [1.82, 2.24) is 5.32 Å². The van der Waals surface area contributed by atoms with Crippen molar-refractivity contribution < 1.29 is 14.6 Å². The molecule has 0 spiro atoms. The summed E-state index contributed by atoms with van der Waals surface area (Å²) >= 11 is 0. The number of hydrogen-bond acceptors (Lipinski definition) is 4. The SMILES string of the molecule is COCCOCCCNCc1c(O)ccc2ccccc12. The first-order valence-corrected chi connectivity index (χ1v) is 7.30. The van der Waals surface area contributed by atoms with E-state index in [2.05, 4.69) is 11.4 Å². The molecular weight excluding hydrogens is 266 g/mol. The first-order chi connectivity index (χ1) is 10.3. The molecule has 0 radical (unpaired) electrons. The zero-order valence-electron chi connectivity index (χ0n) is 12.5. The summed E-state index contributed by atoms with van der Waals surface area (Å²) in [4.78, 5) is 0. The van der Waals surface area contributed by atoms with Gasteiger partial charge in [-0.05, 0) is 29.8 Å². The molecule has 0 unspecified atom stereocenters. The van der Waals surface area contributed by atoms with Crippen molar-refractivity contribution in [1.29, 1.82) is 0 Å². The van der Waals surface area contributed by atoms with Crippen molar-refractivity contribution in [3.63, 3.8) is 0 Å². The van der Waals surface area contributed by atoms with E-state index in [0.29, 0.717) is 25.5 Å². The van der Waals surface area contributed by atoms with Gasteiger partial charge in [0.05, 0.1) is 13.2 Å². The molecule has 0 fully saturated rings. The third kappa shape index (κ3) is 4.70. The second-order valence-electron chi connectivity index (χ2n) is 4.92. The molecule has 0 saturated heterocycles. The van der Waals surface area contributed by atoms with E-state index >= 15 is 0 Å². The topological polar surface area (TPSA) is 50.7 Å². The summed E-state index contributed by atoms with van der Waals surface area (Å²) in [6.07, 6.45) is 0.940. The number of methoxy groups -OCH3 is 1. The number of rotatable bonds is 9. The molecule has 0 heterocycles. The number of phenols is 1. The van der Waals surface area contributed by atoms with Gasteiger partial charge in [-0.15, -0.1) is 0 Å². The molecule has 4 heteroatoms. The number of hydrogen-bond donors (Lipinski definition) is 2. The monoisotopic (exact) mass is 289 g/mol. The molecular formula is C17H23NO3. The molecule has 0 aliphatic rings. The Morgan fingerprint density at radius 2 is 1.90 bits per heavy atom. The predicted molar refractivity (Wildman–Crippen MR) is 84.6 cm³/mol. The third-order valence-corrected chi connectivity index (χ3v) is 3.39. The molecule has 2 N–H and O–H groups in total. The van der Waals surface area contributed by atoms with Gasteiger partial charge in [0.15, 0.2) is 0 Å². The van der Waals surface area contributed by atoms with Crippen LogP contribution in [-0.2, 0) is 16.0 Å². The molecule has 0 saturated carbocycles. The Hall–Kier alpha value is -1.62. The lowest BCUT2D eigenvalue weighted by Crippen LogP contribution is -2.17. The molecule has 114 valence electrons. The lowest BCUT2D eigenvalue weighted by Gasteiger charge is -2.10. The van der Waals surface area contributed by atoms with E-state index in [1.807, 2.05) is 24.3 Å². The van der Waals surface area contributed by atoms with Crippen LogP contribution in [0.4, 0.5) is 0 Å². The molecule has 0 aromatic heterocycles. The highest BCUT2D eigenvalue weighted by atomic mass is 16.5. The minimum Gasteiger partial charge on any atom is -0.508 e. The Morgan fingerprint density at radius 1 is 1.05 bits per heavy atom. The van der Waals surface area contributed by atoms with Gasteiger partial charge in [0.2, 0.25) is 0 Å². The van der Waals surface area contributed by atoms with Crippen LogP contribution in [0.15, 0.2) is 36.4 Å². The number of nitrogens with one attached hydrogen (secondary N) is 1. The van der Waals surface area contributed by atoms with Gasteiger partial charge in [-0.2, -0.15) is 0 Å².